The molecule has 0 spiro atoms. The zero-order valence-corrected chi connectivity index (χ0v) is 13.5. The van der Waals surface area contributed by atoms with Gasteiger partial charge in [-0.05, 0) is 36.9 Å². The Hall–Kier alpha value is -2.43. The highest BCUT2D eigenvalue weighted by Gasteiger charge is 2.09. The summed E-state index contributed by atoms with van der Waals surface area (Å²) >= 11 is 0. The van der Waals surface area contributed by atoms with Gasteiger partial charge in [-0.1, -0.05) is 47.6 Å². The third-order valence-electron chi connectivity index (χ3n) is 3.73. The molecule has 0 saturated carbocycles. The second-order valence-electron chi connectivity index (χ2n) is 5.86. The molecule has 0 unspecified atom stereocenters. The first-order valence-electron chi connectivity index (χ1n) is 7.66. The predicted octanol–water partition coefficient (Wildman–Crippen LogP) is 3.53. The summed E-state index contributed by atoms with van der Waals surface area (Å²) in [4.78, 5) is 2.17. The molecule has 4 nitrogen and oxygen atoms in total. The van der Waals surface area contributed by atoms with Crippen LogP contribution in [-0.2, 0) is 13.1 Å². The first-order chi connectivity index (χ1) is 11.2. The van der Waals surface area contributed by atoms with Crippen molar-refractivity contribution in [3.05, 3.63) is 65.9 Å². The number of hydrogen-bond acceptors (Lipinski definition) is 4. The molecule has 0 amide bonds. The van der Waals surface area contributed by atoms with E-state index < -0.39 is 0 Å². The molecule has 1 aromatic heterocycles. The molecule has 0 bridgehead atoms. The number of benzene rings is 2. The lowest BCUT2D eigenvalue weighted by molar-refractivity contribution is 0.387. The fourth-order valence-electron chi connectivity index (χ4n) is 2.67. The van der Waals surface area contributed by atoms with Gasteiger partial charge >= 0.3 is 0 Å². The van der Waals surface area contributed by atoms with Crippen LogP contribution in [0.25, 0.3) is 22.4 Å². The van der Waals surface area contributed by atoms with Gasteiger partial charge in [-0.25, -0.2) is 0 Å². The van der Waals surface area contributed by atoms with Crippen LogP contribution in [0.3, 0.4) is 0 Å². The highest BCUT2D eigenvalue weighted by Crippen LogP contribution is 2.29. The summed E-state index contributed by atoms with van der Waals surface area (Å²) in [6.45, 7) is 1.26. The summed E-state index contributed by atoms with van der Waals surface area (Å²) in [5, 5.41) is 4.10. The van der Waals surface area contributed by atoms with E-state index in [0.29, 0.717) is 12.3 Å². The smallest absolute Gasteiger partial charge is 0.150 e. The molecule has 3 aromatic rings. The number of hydrogen-bond donors (Lipinski definition) is 1. The summed E-state index contributed by atoms with van der Waals surface area (Å²) in [7, 11) is 4.16. The lowest BCUT2D eigenvalue weighted by atomic mass is 9.97. The minimum Gasteiger partial charge on any atom is -0.359 e. The molecule has 0 atom stereocenters. The Bertz CT molecular complexity index is 793. The Morgan fingerprint density at radius 2 is 1.78 bits per heavy atom. The van der Waals surface area contributed by atoms with Crippen LogP contribution in [0.5, 0.6) is 0 Å². The quantitative estimate of drug-likeness (QED) is 0.783. The van der Waals surface area contributed by atoms with Crippen LogP contribution in [0.4, 0.5) is 0 Å². The van der Waals surface area contributed by atoms with Crippen molar-refractivity contribution in [3.8, 4) is 22.4 Å². The van der Waals surface area contributed by atoms with Gasteiger partial charge in [0.25, 0.3) is 0 Å². The third-order valence-corrected chi connectivity index (χ3v) is 3.73. The zero-order valence-electron chi connectivity index (χ0n) is 13.5. The minimum absolute atomic E-state index is 0.359. The van der Waals surface area contributed by atoms with Crippen molar-refractivity contribution in [2.75, 3.05) is 14.1 Å². The van der Waals surface area contributed by atoms with Crippen LogP contribution in [-0.4, -0.2) is 24.2 Å². The van der Waals surface area contributed by atoms with E-state index in [1.54, 1.807) is 0 Å². The molecule has 3 rings (SSSR count). The van der Waals surface area contributed by atoms with Gasteiger partial charge in [0.15, 0.2) is 5.76 Å². The molecular formula is C19H21N3O. The SMILES string of the molecule is CN(C)Cc1ccccc1-c1cccc(-c2cc(CN)on2)c1. The minimum atomic E-state index is 0.359. The Labute approximate surface area is 136 Å². The predicted molar refractivity (Wildman–Crippen MR) is 92.7 cm³/mol. The second-order valence-corrected chi connectivity index (χ2v) is 5.86. The molecule has 0 aliphatic heterocycles. The Kier molecular flexibility index (Phi) is 4.55. The fourth-order valence-corrected chi connectivity index (χ4v) is 2.67. The van der Waals surface area contributed by atoms with Gasteiger partial charge in [0.2, 0.25) is 0 Å². The molecule has 0 saturated heterocycles. The van der Waals surface area contributed by atoms with Crippen molar-refractivity contribution in [2.24, 2.45) is 5.73 Å². The average molecular weight is 307 g/mol. The zero-order chi connectivity index (χ0) is 16.2. The van der Waals surface area contributed by atoms with Crippen LogP contribution in [0.2, 0.25) is 0 Å². The summed E-state index contributed by atoms with van der Waals surface area (Å²) < 4.78 is 5.21. The van der Waals surface area contributed by atoms with E-state index in [4.69, 9.17) is 10.3 Å². The van der Waals surface area contributed by atoms with Gasteiger partial charge < -0.3 is 15.2 Å². The molecule has 2 N–H and O–H groups in total. The fraction of sp³-hybridized carbons (Fsp3) is 0.211. The lowest BCUT2D eigenvalue weighted by Gasteiger charge is -2.14. The lowest BCUT2D eigenvalue weighted by Crippen LogP contribution is -2.11. The maximum absolute atomic E-state index is 5.59. The third kappa shape index (κ3) is 3.50. The van der Waals surface area contributed by atoms with Crippen molar-refractivity contribution in [1.82, 2.24) is 10.1 Å². The van der Waals surface area contributed by atoms with Crippen molar-refractivity contribution in [3.63, 3.8) is 0 Å². The van der Waals surface area contributed by atoms with Crippen molar-refractivity contribution in [2.45, 2.75) is 13.1 Å². The monoisotopic (exact) mass is 307 g/mol. The van der Waals surface area contributed by atoms with Crippen LogP contribution in [0, 0.1) is 0 Å². The molecular weight excluding hydrogens is 286 g/mol. The molecule has 1 heterocycles. The van der Waals surface area contributed by atoms with E-state index in [1.807, 2.05) is 18.2 Å². The molecule has 23 heavy (non-hydrogen) atoms. The molecule has 118 valence electrons. The Morgan fingerprint density at radius 3 is 2.52 bits per heavy atom. The summed E-state index contributed by atoms with van der Waals surface area (Å²) in [6, 6.07) is 18.7. The number of aromatic nitrogens is 1. The molecule has 0 radical (unpaired) electrons. The van der Waals surface area contributed by atoms with Crippen molar-refractivity contribution < 1.29 is 4.52 Å². The second kappa shape index (κ2) is 6.77. The average Bonchev–Trinajstić information content (AvgIpc) is 3.04. The summed E-state index contributed by atoms with van der Waals surface area (Å²) in [5.41, 5.74) is 11.2. The standard InChI is InChI=1S/C19H21N3O/c1-22(2)13-16-6-3-4-9-18(16)14-7-5-8-15(10-14)19-11-17(12-20)23-21-19/h3-11H,12-13,20H2,1-2H3. The number of nitrogens with zero attached hydrogens (tertiary/aromatic N) is 2. The number of nitrogens with two attached hydrogens (primary N) is 1. The largest absolute Gasteiger partial charge is 0.359 e. The van der Waals surface area contributed by atoms with Crippen LogP contribution >= 0.6 is 0 Å². The van der Waals surface area contributed by atoms with E-state index in [9.17, 15) is 0 Å². The molecule has 0 aliphatic rings. The summed E-state index contributed by atoms with van der Waals surface area (Å²) in [6.07, 6.45) is 0. The van der Waals surface area contributed by atoms with Crippen molar-refractivity contribution in [1.29, 1.82) is 0 Å². The highest BCUT2D eigenvalue weighted by molar-refractivity contribution is 5.73. The normalized spacial score (nSPS) is 11.1. The van der Waals surface area contributed by atoms with Crippen LogP contribution in [0.15, 0.2) is 59.1 Å². The van der Waals surface area contributed by atoms with Gasteiger partial charge in [0.1, 0.15) is 5.69 Å². The van der Waals surface area contributed by atoms with Crippen LogP contribution in [0.1, 0.15) is 11.3 Å². The first-order valence-corrected chi connectivity index (χ1v) is 7.66. The number of rotatable bonds is 5. The molecule has 2 aromatic carbocycles. The van der Waals surface area contributed by atoms with Gasteiger partial charge in [0.05, 0.1) is 6.54 Å². The maximum Gasteiger partial charge on any atom is 0.150 e. The Balaban J connectivity index is 2.00. The van der Waals surface area contributed by atoms with E-state index in [-0.39, 0.29) is 0 Å². The molecule has 0 fully saturated rings. The van der Waals surface area contributed by atoms with E-state index in [2.05, 4.69) is 60.6 Å². The molecule has 0 aliphatic carbocycles. The van der Waals surface area contributed by atoms with E-state index in [1.165, 1.54) is 16.7 Å². The van der Waals surface area contributed by atoms with Crippen LogP contribution < -0.4 is 5.73 Å². The topological polar surface area (TPSA) is 55.3 Å². The summed E-state index contributed by atoms with van der Waals surface area (Å²) in [5.74, 6) is 0.693. The van der Waals surface area contributed by atoms with Crippen molar-refractivity contribution >= 4 is 0 Å². The first kappa shape index (κ1) is 15.5. The van der Waals surface area contributed by atoms with Gasteiger partial charge in [-0.15, -0.1) is 0 Å². The maximum atomic E-state index is 5.59. The van der Waals surface area contributed by atoms with Gasteiger partial charge in [-0.2, -0.15) is 0 Å². The van der Waals surface area contributed by atoms with E-state index in [0.717, 1.165) is 17.8 Å². The Morgan fingerprint density at radius 1 is 1.00 bits per heavy atom. The van der Waals surface area contributed by atoms with E-state index >= 15 is 0 Å². The van der Waals surface area contributed by atoms with Gasteiger partial charge in [-0.3, -0.25) is 0 Å². The highest BCUT2D eigenvalue weighted by atomic mass is 16.5. The molecule has 4 heteroatoms. The van der Waals surface area contributed by atoms with Gasteiger partial charge in [0, 0.05) is 18.2 Å².